The van der Waals surface area contributed by atoms with Crippen LogP contribution >= 0.6 is 0 Å². The fourth-order valence-electron chi connectivity index (χ4n) is 0.667. The predicted octanol–water partition coefficient (Wildman–Crippen LogP) is -0.957. The molecule has 76 valence electrons. The van der Waals surface area contributed by atoms with Crippen LogP contribution in [0.15, 0.2) is 0 Å². The molecule has 0 fully saturated rings. The number of aliphatic hydroxyl groups excluding tert-OH is 1. The van der Waals surface area contributed by atoms with Gasteiger partial charge >= 0.3 is 0 Å². The fraction of sp³-hybridized carbons (Fsp3) is 0.750. The first-order chi connectivity index (χ1) is 6.07. The molecule has 0 aromatic carbocycles. The number of amides is 1. The molecule has 0 aliphatic heterocycles. The molecule has 0 rings (SSSR count). The predicted molar refractivity (Wildman–Crippen MR) is 46.2 cm³/mol. The summed E-state index contributed by atoms with van der Waals surface area (Å²) in [6.45, 7) is 1.44. The summed E-state index contributed by atoms with van der Waals surface area (Å²) >= 11 is 0. The van der Waals surface area contributed by atoms with Crippen molar-refractivity contribution in [2.24, 2.45) is 0 Å². The van der Waals surface area contributed by atoms with Gasteiger partial charge in [-0.3, -0.25) is 9.59 Å². The summed E-state index contributed by atoms with van der Waals surface area (Å²) in [7, 11) is 1.57. The molecule has 5 heteroatoms. The number of ketones is 1. The van der Waals surface area contributed by atoms with Crippen molar-refractivity contribution in [3.63, 3.8) is 0 Å². The Morgan fingerprint density at radius 3 is 2.46 bits per heavy atom. The van der Waals surface area contributed by atoms with Crippen molar-refractivity contribution in [3.8, 4) is 0 Å². The number of hydrogen-bond acceptors (Lipinski definition) is 4. The Morgan fingerprint density at radius 2 is 2.00 bits per heavy atom. The van der Waals surface area contributed by atoms with Crippen LogP contribution in [0.25, 0.3) is 0 Å². The smallest absolute Gasteiger partial charge is 0.248 e. The Hall–Kier alpha value is -0.940. The van der Waals surface area contributed by atoms with Gasteiger partial charge in [-0.05, 0) is 6.92 Å². The highest BCUT2D eigenvalue weighted by Gasteiger charge is 2.07. The number of likely N-dealkylation sites (N-methyl/N-ethyl adjacent to an activating group) is 1. The molecular weight excluding hydrogens is 174 g/mol. The van der Waals surface area contributed by atoms with E-state index in [1.54, 1.807) is 7.05 Å². The largest absolute Gasteiger partial charge is 0.395 e. The number of Topliss-reactive ketones (excluding diaryl/α,β-unsaturated/α-hetero) is 1. The molecule has 0 bridgehead atoms. The van der Waals surface area contributed by atoms with E-state index in [2.05, 4.69) is 0 Å². The molecule has 0 radical (unpaired) electrons. The first-order valence-corrected chi connectivity index (χ1v) is 4.00. The molecule has 0 aromatic rings. The highest BCUT2D eigenvalue weighted by molar-refractivity contribution is 5.79. The van der Waals surface area contributed by atoms with Crippen LogP contribution in [0.5, 0.6) is 0 Å². The van der Waals surface area contributed by atoms with Crippen molar-refractivity contribution >= 4 is 11.7 Å². The van der Waals surface area contributed by atoms with Gasteiger partial charge in [0.15, 0.2) is 5.78 Å². The summed E-state index contributed by atoms with van der Waals surface area (Å²) in [6.07, 6.45) is 0. The maximum atomic E-state index is 11.1. The van der Waals surface area contributed by atoms with Gasteiger partial charge in [-0.15, -0.1) is 0 Å². The minimum atomic E-state index is -0.240. The zero-order valence-corrected chi connectivity index (χ0v) is 7.95. The number of carbonyl (C=O) groups is 2. The Balaban J connectivity index is 3.55. The van der Waals surface area contributed by atoms with E-state index in [1.165, 1.54) is 11.8 Å². The van der Waals surface area contributed by atoms with Crippen molar-refractivity contribution in [2.75, 3.05) is 33.4 Å². The quantitative estimate of drug-likeness (QED) is 0.584. The van der Waals surface area contributed by atoms with E-state index in [1.807, 2.05) is 0 Å². The third-order valence-electron chi connectivity index (χ3n) is 1.39. The van der Waals surface area contributed by atoms with Gasteiger partial charge in [0, 0.05) is 13.6 Å². The minimum Gasteiger partial charge on any atom is -0.395 e. The van der Waals surface area contributed by atoms with Crippen molar-refractivity contribution in [3.05, 3.63) is 0 Å². The first-order valence-electron chi connectivity index (χ1n) is 4.00. The molecule has 0 spiro atoms. The van der Waals surface area contributed by atoms with Crippen LogP contribution in [0.2, 0.25) is 0 Å². The molecule has 1 N–H and O–H groups in total. The van der Waals surface area contributed by atoms with Crippen molar-refractivity contribution in [1.82, 2.24) is 4.90 Å². The van der Waals surface area contributed by atoms with Crippen molar-refractivity contribution in [2.45, 2.75) is 6.92 Å². The summed E-state index contributed by atoms with van der Waals surface area (Å²) in [6, 6.07) is 0. The maximum absolute atomic E-state index is 11.1. The zero-order valence-electron chi connectivity index (χ0n) is 7.95. The fourth-order valence-corrected chi connectivity index (χ4v) is 0.667. The van der Waals surface area contributed by atoms with Gasteiger partial charge in [-0.25, -0.2) is 0 Å². The van der Waals surface area contributed by atoms with E-state index in [9.17, 15) is 9.59 Å². The Morgan fingerprint density at radius 1 is 1.38 bits per heavy atom. The van der Waals surface area contributed by atoms with Gasteiger partial charge < -0.3 is 14.7 Å². The number of aliphatic hydroxyl groups is 1. The molecule has 5 nitrogen and oxygen atoms in total. The highest BCUT2D eigenvalue weighted by Crippen LogP contribution is 1.86. The summed E-state index contributed by atoms with van der Waals surface area (Å²) in [5.74, 6) is -0.354. The van der Waals surface area contributed by atoms with Crippen LogP contribution in [-0.4, -0.2) is 55.1 Å². The van der Waals surface area contributed by atoms with E-state index < -0.39 is 0 Å². The summed E-state index contributed by atoms with van der Waals surface area (Å²) in [5.41, 5.74) is 0. The van der Waals surface area contributed by atoms with E-state index in [4.69, 9.17) is 9.84 Å². The standard InChI is InChI=1S/C8H15NO4/c1-7(11)5-13-6-8(12)9(2)3-4-10/h10H,3-6H2,1-2H3. The van der Waals surface area contributed by atoms with E-state index >= 15 is 0 Å². The number of ether oxygens (including phenoxy) is 1. The molecule has 0 aromatic heterocycles. The Bertz CT molecular complexity index is 181. The average molecular weight is 189 g/mol. The molecule has 0 saturated heterocycles. The summed E-state index contributed by atoms with van der Waals surface area (Å²) < 4.78 is 4.80. The molecule has 0 atom stereocenters. The van der Waals surface area contributed by atoms with E-state index in [-0.39, 0.29) is 38.1 Å². The molecule has 0 aliphatic rings. The van der Waals surface area contributed by atoms with Crippen LogP contribution in [0.3, 0.4) is 0 Å². The first kappa shape index (κ1) is 12.1. The van der Waals surface area contributed by atoms with Gasteiger partial charge in [-0.2, -0.15) is 0 Å². The summed E-state index contributed by atoms with van der Waals surface area (Å²) in [5, 5.41) is 8.51. The SMILES string of the molecule is CC(=O)COCC(=O)N(C)CCO. The van der Waals surface area contributed by atoms with Crippen LogP contribution in [-0.2, 0) is 14.3 Å². The molecule has 1 amide bonds. The second kappa shape index (κ2) is 6.56. The lowest BCUT2D eigenvalue weighted by molar-refractivity contribution is -0.136. The lowest BCUT2D eigenvalue weighted by Gasteiger charge is -2.14. The molecular formula is C8H15NO4. The zero-order chi connectivity index (χ0) is 10.3. The molecule has 13 heavy (non-hydrogen) atoms. The van der Waals surface area contributed by atoms with E-state index in [0.29, 0.717) is 0 Å². The van der Waals surface area contributed by atoms with Crippen LogP contribution in [0, 0.1) is 0 Å². The number of rotatable bonds is 6. The Labute approximate surface area is 77.3 Å². The van der Waals surface area contributed by atoms with Gasteiger partial charge in [0.05, 0.1) is 6.61 Å². The second-order valence-electron chi connectivity index (χ2n) is 2.73. The third kappa shape index (κ3) is 6.24. The van der Waals surface area contributed by atoms with Crippen LogP contribution < -0.4 is 0 Å². The monoisotopic (exact) mass is 189 g/mol. The highest BCUT2D eigenvalue weighted by atomic mass is 16.5. The summed E-state index contributed by atoms with van der Waals surface area (Å²) in [4.78, 5) is 22.9. The average Bonchev–Trinajstić information content (AvgIpc) is 2.04. The van der Waals surface area contributed by atoms with Crippen molar-refractivity contribution in [1.29, 1.82) is 0 Å². The maximum Gasteiger partial charge on any atom is 0.248 e. The topological polar surface area (TPSA) is 66.8 Å². The number of carbonyl (C=O) groups excluding carboxylic acids is 2. The van der Waals surface area contributed by atoms with Gasteiger partial charge in [0.1, 0.15) is 13.2 Å². The van der Waals surface area contributed by atoms with Gasteiger partial charge in [0.25, 0.3) is 0 Å². The third-order valence-corrected chi connectivity index (χ3v) is 1.39. The van der Waals surface area contributed by atoms with Crippen LogP contribution in [0.4, 0.5) is 0 Å². The molecule has 0 saturated carbocycles. The van der Waals surface area contributed by atoms with Crippen LogP contribution in [0.1, 0.15) is 6.92 Å². The minimum absolute atomic E-state index is 0.0430. The second-order valence-corrected chi connectivity index (χ2v) is 2.73. The van der Waals surface area contributed by atoms with Gasteiger partial charge in [0.2, 0.25) is 5.91 Å². The lowest BCUT2D eigenvalue weighted by atomic mass is 10.5. The molecule has 0 unspecified atom stereocenters. The number of nitrogens with zero attached hydrogens (tertiary/aromatic N) is 1. The number of hydrogen-bond donors (Lipinski definition) is 1. The molecule has 0 heterocycles. The Kier molecular flexibility index (Phi) is 6.09. The van der Waals surface area contributed by atoms with E-state index in [0.717, 1.165) is 0 Å². The van der Waals surface area contributed by atoms with Gasteiger partial charge in [-0.1, -0.05) is 0 Å². The lowest BCUT2D eigenvalue weighted by Crippen LogP contribution is -2.33. The molecule has 0 aliphatic carbocycles. The normalized spacial score (nSPS) is 9.77. The van der Waals surface area contributed by atoms with Crippen molar-refractivity contribution < 1.29 is 19.4 Å².